The number of urea groups is 1. The van der Waals surface area contributed by atoms with Crippen LogP contribution in [0.4, 0.5) is 4.79 Å². The van der Waals surface area contributed by atoms with Gasteiger partial charge in [0.2, 0.25) is 0 Å². The fourth-order valence-electron chi connectivity index (χ4n) is 3.96. The fourth-order valence-corrected chi connectivity index (χ4v) is 3.96. The number of fused-ring (bicyclic) bond motifs is 2. The van der Waals surface area contributed by atoms with E-state index in [0.29, 0.717) is 36.7 Å². The third kappa shape index (κ3) is 3.61. The van der Waals surface area contributed by atoms with E-state index in [1.165, 1.54) is 0 Å². The minimum Gasteiger partial charge on any atom is -0.490 e. The molecule has 2 aromatic carbocycles. The van der Waals surface area contributed by atoms with Crippen molar-refractivity contribution in [2.75, 3.05) is 19.8 Å². The number of carbonyl (C=O) groups is 3. The normalized spacial score (nSPS) is 18.2. The van der Waals surface area contributed by atoms with Crippen LogP contribution >= 0.6 is 0 Å². The number of ether oxygens (including phenoxy) is 2. The maximum Gasteiger partial charge on any atom is 0.325 e. The van der Waals surface area contributed by atoms with Crippen LogP contribution in [-0.2, 0) is 11.2 Å². The van der Waals surface area contributed by atoms with E-state index in [-0.39, 0.29) is 12.3 Å². The van der Waals surface area contributed by atoms with Gasteiger partial charge in [-0.15, -0.1) is 0 Å². The standard InChI is InChI=1S/C23H21N3O5/c27-19(14-6-7-20-21(11-14)31-9-3-8-30-20)13-26-22(28)18(25-23(26)29)10-15-12-24-17-5-2-1-4-16(15)17/h1-2,4-7,11-12,18,24H,3,8-10,13H2,(H,25,29)/t18-/m0/s1. The molecule has 8 heteroatoms. The molecular formula is C23H21N3O5. The van der Waals surface area contributed by atoms with Crippen LogP contribution < -0.4 is 14.8 Å². The maximum atomic E-state index is 12.9. The zero-order valence-corrected chi connectivity index (χ0v) is 16.7. The minimum atomic E-state index is -0.705. The number of benzene rings is 2. The van der Waals surface area contributed by atoms with Gasteiger partial charge in [-0.1, -0.05) is 18.2 Å². The van der Waals surface area contributed by atoms with Gasteiger partial charge < -0.3 is 19.8 Å². The van der Waals surface area contributed by atoms with Crippen LogP contribution in [0.3, 0.4) is 0 Å². The first-order chi connectivity index (χ1) is 15.1. The first-order valence-corrected chi connectivity index (χ1v) is 10.2. The first kappa shape index (κ1) is 19.2. The molecule has 0 bridgehead atoms. The third-order valence-electron chi connectivity index (χ3n) is 5.58. The van der Waals surface area contributed by atoms with Gasteiger partial charge in [0.1, 0.15) is 6.04 Å². The van der Waals surface area contributed by atoms with Crippen molar-refractivity contribution in [1.82, 2.24) is 15.2 Å². The van der Waals surface area contributed by atoms with Crippen LogP contribution in [0.2, 0.25) is 0 Å². The van der Waals surface area contributed by atoms with Gasteiger partial charge in [0.15, 0.2) is 17.3 Å². The maximum absolute atomic E-state index is 12.9. The number of aromatic nitrogens is 1. The number of hydrogen-bond acceptors (Lipinski definition) is 5. The Morgan fingerprint density at radius 1 is 1.06 bits per heavy atom. The molecule has 158 valence electrons. The van der Waals surface area contributed by atoms with Crippen LogP contribution in [0, 0.1) is 0 Å². The molecule has 3 amide bonds. The second-order valence-corrected chi connectivity index (χ2v) is 7.63. The lowest BCUT2D eigenvalue weighted by atomic mass is 10.0. The second kappa shape index (κ2) is 7.79. The van der Waals surface area contributed by atoms with Crippen LogP contribution in [0.15, 0.2) is 48.7 Å². The Kier molecular flexibility index (Phi) is 4.82. The summed E-state index contributed by atoms with van der Waals surface area (Å²) < 4.78 is 11.2. The van der Waals surface area contributed by atoms with Gasteiger partial charge in [-0.2, -0.15) is 0 Å². The lowest BCUT2D eigenvalue weighted by Gasteiger charge is -2.13. The molecule has 0 aliphatic carbocycles. The van der Waals surface area contributed by atoms with Crippen LogP contribution in [0.1, 0.15) is 22.3 Å². The molecule has 1 fully saturated rings. The van der Waals surface area contributed by atoms with Crippen LogP contribution in [0.25, 0.3) is 10.9 Å². The van der Waals surface area contributed by atoms with Crippen LogP contribution in [0.5, 0.6) is 11.5 Å². The van der Waals surface area contributed by atoms with E-state index in [1.54, 1.807) is 18.2 Å². The molecule has 1 aromatic heterocycles. The number of carbonyl (C=O) groups excluding carboxylic acids is 3. The fraction of sp³-hybridized carbons (Fsp3) is 0.261. The minimum absolute atomic E-state index is 0.325. The van der Waals surface area contributed by atoms with E-state index in [2.05, 4.69) is 10.3 Å². The number of ketones is 1. The summed E-state index contributed by atoms with van der Waals surface area (Å²) in [4.78, 5) is 42.2. The summed E-state index contributed by atoms with van der Waals surface area (Å²) in [6, 6.07) is 11.4. The number of hydrogen-bond donors (Lipinski definition) is 2. The highest BCUT2D eigenvalue weighted by atomic mass is 16.5. The van der Waals surface area contributed by atoms with E-state index in [0.717, 1.165) is 27.8 Å². The van der Waals surface area contributed by atoms with Crippen LogP contribution in [-0.4, -0.2) is 53.4 Å². The largest absolute Gasteiger partial charge is 0.490 e. The van der Waals surface area contributed by atoms with Gasteiger partial charge in [-0.3, -0.25) is 14.5 Å². The van der Waals surface area contributed by atoms with E-state index in [1.807, 2.05) is 30.5 Å². The van der Waals surface area contributed by atoms with E-state index < -0.39 is 18.0 Å². The van der Waals surface area contributed by atoms with E-state index in [9.17, 15) is 14.4 Å². The molecular weight excluding hydrogens is 398 g/mol. The lowest BCUT2D eigenvalue weighted by Crippen LogP contribution is -2.36. The molecule has 1 atom stereocenters. The second-order valence-electron chi connectivity index (χ2n) is 7.63. The van der Waals surface area contributed by atoms with Crippen molar-refractivity contribution < 1.29 is 23.9 Å². The molecule has 5 rings (SSSR count). The Labute approximate surface area is 178 Å². The molecule has 8 nitrogen and oxygen atoms in total. The number of para-hydroxylation sites is 1. The number of aromatic amines is 1. The first-order valence-electron chi connectivity index (χ1n) is 10.2. The summed E-state index contributed by atoms with van der Waals surface area (Å²) in [5.41, 5.74) is 2.27. The van der Waals surface area contributed by atoms with E-state index in [4.69, 9.17) is 9.47 Å². The average Bonchev–Trinajstić information content (AvgIpc) is 3.18. The SMILES string of the molecule is O=C(CN1C(=O)N[C@@H](Cc2c[nH]c3ccccc23)C1=O)c1ccc2c(c1)OCCCO2. The predicted molar refractivity (Wildman–Crippen MR) is 112 cm³/mol. The molecule has 2 aliphatic rings. The summed E-state index contributed by atoms with van der Waals surface area (Å²) in [6.45, 7) is 0.739. The highest BCUT2D eigenvalue weighted by Gasteiger charge is 2.39. The number of nitrogens with zero attached hydrogens (tertiary/aromatic N) is 1. The summed E-state index contributed by atoms with van der Waals surface area (Å²) in [6.07, 6.45) is 2.96. The number of imide groups is 1. The molecule has 3 aromatic rings. The Bertz CT molecular complexity index is 1180. The number of H-pyrrole nitrogens is 1. The topological polar surface area (TPSA) is 101 Å². The summed E-state index contributed by atoms with van der Waals surface area (Å²) in [5.74, 6) is 0.338. The molecule has 0 spiro atoms. The Morgan fingerprint density at radius 3 is 2.74 bits per heavy atom. The smallest absolute Gasteiger partial charge is 0.325 e. The molecule has 0 saturated carbocycles. The number of nitrogens with one attached hydrogen (secondary N) is 2. The Balaban J connectivity index is 1.30. The van der Waals surface area contributed by atoms with Gasteiger partial charge in [-0.25, -0.2) is 4.79 Å². The molecule has 0 radical (unpaired) electrons. The summed E-state index contributed by atoms with van der Waals surface area (Å²) in [7, 11) is 0. The highest BCUT2D eigenvalue weighted by molar-refractivity contribution is 6.09. The Hall–Kier alpha value is -3.81. The van der Waals surface area contributed by atoms with Crippen molar-refractivity contribution in [2.24, 2.45) is 0 Å². The van der Waals surface area contributed by atoms with Crippen molar-refractivity contribution in [3.05, 3.63) is 59.8 Å². The molecule has 2 N–H and O–H groups in total. The van der Waals surface area contributed by atoms with Crippen molar-refractivity contribution in [3.8, 4) is 11.5 Å². The van der Waals surface area contributed by atoms with Gasteiger partial charge in [0.25, 0.3) is 5.91 Å². The predicted octanol–water partition coefficient (Wildman–Crippen LogP) is 2.68. The van der Waals surface area contributed by atoms with Gasteiger partial charge in [0.05, 0.1) is 19.8 Å². The van der Waals surface area contributed by atoms with Gasteiger partial charge in [0, 0.05) is 35.5 Å². The van der Waals surface area contributed by atoms with E-state index >= 15 is 0 Å². The molecule has 3 heterocycles. The zero-order valence-electron chi connectivity index (χ0n) is 16.7. The molecule has 2 aliphatic heterocycles. The lowest BCUT2D eigenvalue weighted by molar-refractivity contribution is -0.127. The monoisotopic (exact) mass is 419 g/mol. The highest BCUT2D eigenvalue weighted by Crippen LogP contribution is 2.30. The van der Waals surface area contributed by atoms with Gasteiger partial charge >= 0.3 is 6.03 Å². The summed E-state index contributed by atoms with van der Waals surface area (Å²) >= 11 is 0. The molecule has 1 saturated heterocycles. The van der Waals surface area contributed by atoms with Crippen molar-refractivity contribution >= 4 is 28.6 Å². The average molecular weight is 419 g/mol. The number of amides is 3. The van der Waals surface area contributed by atoms with Gasteiger partial charge in [-0.05, 0) is 29.8 Å². The zero-order chi connectivity index (χ0) is 21.4. The third-order valence-corrected chi connectivity index (χ3v) is 5.58. The molecule has 31 heavy (non-hydrogen) atoms. The number of rotatable bonds is 5. The van der Waals surface area contributed by atoms with Crippen molar-refractivity contribution in [1.29, 1.82) is 0 Å². The summed E-state index contributed by atoms with van der Waals surface area (Å²) in [5, 5.41) is 3.70. The van der Waals surface area contributed by atoms with Crippen molar-refractivity contribution in [2.45, 2.75) is 18.9 Å². The quantitative estimate of drug-likeness (QED) is 0.489. The van der Waals surface area contributed by atoms with Crippen molar-refractivity contribution in [3.63, 3.8) is 0 Å². The molecule has 0 unspecified atom stereocenters. The number of Topliss-reactive ketones (excluding diaryl/α,β-unsaturated/α-hetero) is 1. The Morgan fingerprint density at radius 2 is 1.87 bits per heavy atom.